The molecule has 0 fully saturated rings. The fourth-order valence-corrected chi connectivity index (χ4v) is 1.30. The van der Waals surface area contributed by atoms with Crippen LogP contribution in [-0.2, 0) is 14.3 Å². The van der Waals surface area contributed by atoms with E-state index >= 15 is 0 Å². The van der Waals surface area contributed by atoms with Crippen molar-refractivity contribution in [1.82, 2.24) is 4.90 Å². The molecule has 0 aliphatic carbocycles. The predicted octanol–water partition coefficient (Wildman–Crippen LogP) is -0.757. The molecule has 0 aromatic heterocycles. The summed E-state index contributed by atoms with van der Waals surface area (Å²) in [4.78, 5) is 13.1. The maximum atomic E-state index is 11.2. The molecule has 17 heavy (non-hydrogen) atoms. The minimum Gasteiger partial charge on any atom is -0.463 e. The number of aliphatic hydroxyl groups excluding tert-OH is 2. The van der Waals surface area contributed by atoms with Gasteiger partial charge < -0.3 is 19.7 Å². The summed E-state index contributed by atoms with van der Waals surface area (Å²) < 4.78 is 9.95. The Morgan fingerprint density at radius 3 is 2.47 bits per heavy atom. The molecule has 6 nitrogen and oxygen atoms in total. The molecule has 0 aliphatic heterocycles. The highest BCUT2D eigenvalue weighted by atomic mass is 16.5. The Bertz CT molecular complexity index is 189. The molecule has 0 saturated heterocycles. The number of hydrogen-bond acceptors (Lipinski definition) is 6. The van der Waals surface area contributed by atoms with Gasteiger partial charge in [0.2, 0.25) is 0 Å². The van der Waals surface area contributed by atoms with Crippen LogP contribution in [0.5, 0.6) is 0 Å². The average Bonchev–Trinajstić information content (AvgIpc) is 2.33. The molecule has 0 aliphatic rings. The monoisotopic (exact) mass is 249 g/mol. The van der Waals surface area contributed by atoms with Crippen molar-refractivity contribution in [2.45, 2.75) is 13.3 Å². The minimum atomic E-state index is -0.335. The molecule has 0 bridgehead atoms. The zero-order valence-corrected chi connectivity index (χ0v) is 10.4. The molecular formula is C11H23NO5. The van der Waals surface area contributed by atoms with Crippen molar-refractivity contribution in [3.8, 4) is 0 Å². The fourth-order valence-electron chi connectivity index (χ4n) is 1.30. The second kappa shape index (κ2) is 11.8. The molecule has 0 aromatic carbocycles. The molecule has 6 heteroatoms. The standard InChI is InChI=1S/C11H23NO5/c1-2-16-9-6-12(5-7-13)4-3-11(15)17-10-8-14/h13-14H,2-10H2,1H3. The quantitative estimate of drug-likeness (QED) is 0.370. The van der Waals surface area contributed by atoms with Crippen molar-refractivity contribution < 1.29 is 24.5 Å². The van der Waals surface area contributed by atoms with E-state index in [0.29, 0.717) is 32.8 Å². The van der Waals surface area contributed by atoms with Gasteiger partial charge in [-0.05, 0) is 6.92 Å². The molecule has 2 N–H and O–H groups in total. The van der Waals surface area contributed by atoms with Gasteiger partial charge >= 0.3 is 5.97 Å². The summed E-state index contributed by atoms with van der Waals surface area (Å²) in [7, 11) is 0. The van der Waals surface area contributed by atoms with Gasteiger partial charge in [0, 0.05) is 26.2 Å². The predicted molar refractivity (Wildman–Crippen MR) is 62.7 cm³/mol. The van der Waals surface area contributed by atoms with Crippen LogP contribution in [0.25, 0.3) is 0 Å². The number of rotatable bonds is 11. The third-order valence-corrected chi connectivity index (χ3v) is 2.16. The summed E-state index contributed by atoms with van der Waals surface area (Å²) in [5.41, 5.74) is 0. The molecule has 0 heterocycles. The minimum absolute atomic E-state index is 0.0395. The zero-order valence-electron chi connectivity index (χ0n) is 10.4. The van der Waals surface area contributed by atoms with E-state index in [1.807, 2.05) is 11.8 Å². The lowest BCUT2D eigenvalue weighted by atomic mass is 10.3. The number of ether oxygens (including phenoxy) is 2. The van der Waals surface area contributed by atoms with Crippen LogP contribution < -0.4 is 0 Å². The van der Waals surface area contributed by atoms with Gasteiger partial charge in [0.05, 0.1) is 26.2 Å². The van der Waals surface area contributed by atoms with Crippen molar-refractivity contribution in [2.75, 3.05) is 52.7 Å². The Kier molecular flexibility index (Phi) is 11.3. The Morgan fingerprint density at radius 1 is 1.12 bits per heavy atom. The molecule has 0 radical (unpaired) electrons. The first-order valence-electron chi connectivity index (χ1n) is 5.92. The maximum Gasteiger partial charge on any atom is 0.307 e. The molecule has 102 valence electrons. The van der Waals surface area contributed by atoms with Gasteiger partial charge in [-0.25, -0.2) is 0 Å². The summed E-state index contributed by atoms with van der Waals surface area (Å²) in [6.45, 7) is 4.82. The van der Waals surface area contributed by atoms with Gasteiger partial charge in [-0.2, -0.15) is 0 Å². The Balaban J connectivity index is 3.70. The molecule has 0 unspecified atom stereocenters. The van der Waals surface area contributed by atoms with Crippen molar-refractivity contribution in [3.63, 3.8) is 0 Å². The highest BCUT2D eigenvalue weighted by Gasteiger charge is 2.08. The van der Waals surface area contributed by atoms with E-state index in [0.717, 1.165) is 0 Å². The highest BCUT2D eigenvalue weighted by molar-refractivity contribution is 5.69. The first-order valence-corrected chi connectivity index (χ1v) is 5.92. The van der Waals surface area contributed by atoms with Crippen molar-refractivity contribution in [3.05, 3.63) is 0 Å². The van der Waals surface area contributed by atoms with E-state index in [1.165, 1.54) is 0 Å². The second-order valence-corrected chi connectivity index (χ2v) is 3.46. The van der Waals surface area contributed by atoms with Crippen LogP contribution in [0.2, 0.25) is 0 Å². The first kappa shape index (κ1) is 16.3. The van der Waals surface area contributed by atoms with Gasteiger partial charge in [-0.3, -0.25) is 9.69 Å². The summed E-state index contributed by atoms with van der Waals surface area (Å²) >= 11 is 0. The lowest BCUT2D eigenvalue weighted by Crippen LogP contribution is -2.32. The van der Waals surface area contributed by atoms with Crippen LogP contribution in [0.1, 0.15) is 13.3 Å². The lowest BCUT2D eigenvalue weighted by molar-refractivity contribution is -0.145. The van der Waals surface area contributed by atoms with E-state index in [2.05, 4.69) is 0 Å². The summed E-state index contributed by atoms with van der Waals surface area (Å²) in [6, 6.07) is 0. The number of nitrogens with zero attached hydrogens (tertiary/aromatic N) is 1. The first-order chi connectivity index (χ1) is 8.24. The molecule has 0 saturated carbocycles. The lowest BCUT2D eigenvalue weighted by Gasteiger charge is -2.20. The highest BCUT2D eigenvalue weighted by Crippen LogP contribution is 1.94. The van der Waals surface area contributed by atoms with Gasteiger partial charge in [0.25, 0.3) is 0 Å². The Labute approximate surface area is 102 Å². The van der Waals surface area contributed by atoms with Crippen LogP contribution >= 0.6 is 0 Å². The largest absolute Gasteiger partial charge is 0.463 e. The van der Waals surface area contributed by atoms with E-state index in [1.54, 1.807) is 0 Å². The summed E-state index contributed by atoms with van der Waals surface area (Å²) in [5, 5.41) is 17.4. The zero-order chi connectivity index (χ0) is 12.9. The Hall–Kier alpha value is -0.690. The van der Waals surface area contributed by atoms with Crippen LogP contribution in [0.15, 0.2) is 0 Å². The van der Waals surface area contributed by atoms with E-state index in [-0.39, 0.29) is 32.2 Å². The van der Waals surface area contributed by atoms with Gasteiger partial charge in [-0.1, -0.05) is 0 Å². The van der Waals surface area contributed by atoms with E-state index in [9.17, 15) is 4.79 Å². The number of carbonyl (C=O) groups is 1. The van der Waals surface area contributed by atoms with Crippen LogP contribution in [0.4, 0.5) is 0 Å². The summed E-state index contributed by atoms with van der Waals surface area (Å²) in [5.74, 6) is -0.335. The third kappa shape index (κ3) is 10.2. The van der Waals surface area contributed by atoms with Crippen LogP contribution in [0.3, 0.4) is 0 Å². The number of carbonyl (C=O) groups excluding carboxylic acids is 1. The molecule has 0 amide bonds. The average molecular weight is 249 g/mol. The number of aliphatic hydroxyl groups is 2. The fraction of sp³-hybridized carbons (Fsp3) is 0.909. The van der Waals surface area contributed by atoms with Crippen LogP contribution in [-0.4, -0.2) is 73.8 Å². The molecular weight excluding hydrogens is 226 g/mol. The number of hydrogen-bond donors (Lipinski definition) is 2. The van der Waals surface area contributed by atoms with Crippen molar-refractivity contribution in [2.24, 2.45) is 0 Å². The maximum absolute atomic E-state index is 11.2. The van der Waals surface area contributed by atoms with Crippen molar-refractivity contribution in [1.29, 1.82) is 0 Å². The SMILES string of the molecule is CCOCCN(CCO)CCC(=O)OCCO. The normalized spacial score (nSPS) is 10.8. The second-order valence-electron chi connectivity index (χ2n) is 3.46. The molecule has 0 spiro atoms. The molecule has 0 rings (SSSR count). The van der Waals surface area contributed by atoms with Gasteiger partial charge in [-0.15, -0.1) is 0 Å². The van der Waals surface area contributed by atoms with Gasteiger partial charge in [0.1, 0.15) is 6.61 Å². The third-order valence-electron chi connectivity index (χ3n) is 2.16. The number of esters is 1. The summed E-state index contributed by atoms with van der Waals surface area (Å²) in [6.07, 6.45) is 0.256. The molecule has 0 aromatic rings. The smallest absolute Gasteiger partial charge is 0.307 e. The topological polar surface area (TPSA) is 79.2 Å². The van der Waals surface area contributed by atoms with Crippen LogP contribution in [0, 0.1) is 0 Å². The van der Waals surface area contributed by atoms with Gasteiger partial charge in [0.15, 0.2) is 0 Å². The molecule has 0 atom stereocenters. The van der Waals surface area contributed by atoms with E-state index < -0.39 is 0 Å². The van der Waals surface area contributed by atoms with E-state index in [4.69, 9.17) is 19.7 Å². The Morgan fingerprint density at radius 2 is 1.88 bits per heavy atom. The van der Waals surface area contributed by atoms with Crippen molar-refractivity contribution >= 4 is 5.97 Å².